The van der Waals surface area contributed by atoms with E-state index in [0.717, 1.165) is 21.7 Å². The Balaban J connectivity index is 1.36. The van der Waals surface area contributed by atoms with Crippen molar-refractivity contribution in [2.75, 3.05) is 24.3 Å². The number of aromatic nitrogens is 2. The van der Waals surface area contributed by atoms with Gasteiger partial charge in [-0.1, -0.05) is 17.4 Å². The van der Waals surface area contributed by atoms with Crippen LogP contribution in [0.1, 0.15) is 16.8 Å². The minimum absolute atomic E-state index is 0.0151. The first-order chi connectivity index (χ1) is 15.2. The highest BCUT2D eigenvalue weighted by Crippen LogP contribution is 2.35. The number of nitrogens with two attached hydrogens (primary N) is 1. The van der Waals surface area contributed by atoms with Crippen LogP contribution in [0.25, 0.3) is 10.4 Å². The maximum absolute atomic E-state index is 12.9. The summed E-state index contributed by atoms with van der Waals surface area (Å²) in [5.74, 6) is -0.343. The molecule has 11 heteroatoms. The second kappa shape index (κ2) is 8.75. The van der Waals surface area contributed by atoms with Crippen molar-refractivity contribution in [2.45, 2.75) is 25.1 Å². The number of alkyl halides is 3. The van der Waals surface area contributed by atoms with E-state index in [2.05, 4.69) is 20.6 Å². The summed E-state index contributed by atoms with van der Waals surface area (Å²) in [6, 6.07) is 6.72. The van der Waals surface area contributed by atoms with Gasteiger partial charge in [0.25, 0.3) is 0 Å². The quantitative estimate of drug-likeness (QED) is 0.494. The lowest BCUT2D eigenvalue weighted by atomic mass is 10.1. The van der Waals surface area contributed by atoms with Gasteiger partial charge in [-0.25, -0.2) is 9.97 Å². The molecule has 1 aromatic carbocycles. The van der Waals surface area contributed by atoms with Gasteiger partial charge >= 0.3 is 6.18 Å². The third-order valence-electron chi connectivity index (χ3n) is 4.93. The van der Waals surface area contributed by atoms with E-state index in [-0.39, 0.29) is 17.7 Å². The third kappa shape index (κ3) is 4.83. The number of hydrogen-bond acceptors (Lipinski definition) is 7. The number of fused-ring (bicyclic) bond motifs is 1. The number of nitrogens with one attached hydrogen (secondary N) is 2. The van der Waals surface area contributed by atoms with Crippen LogP contribution >= 0.6 is 11.3 Å². The van der Waals surface area contributed by atoms with Gasteiger partial charge < -0.3 is 21.1 Å². The molecule has 1 atom stereocenters. The van der Waals surface area contributed by atoms with E-state index in [4.69, 9.17) is 10.5 Å². The fraction of sp³-hybridized carbons (Fsp3) is 0.286. The molecule has 1 amide bonds. The van der Waals surface area contributed by atoms with Gasteiger partial charge in [-0.05, 0) is 41.3 Å². The SMILES string of the molecule is COc1cc(C[C@H](N)CNc2ncc(-c3ccc4c(c3)CC(=O)N4)s2)cnc1C(F)(F)F. The maximum atomic E-state index is 12.9. The molecule has 2 aromatic heterocycles. The fourth-order valence-electron chi connectivity index (χ4n) is 3.43. The number of carbonyl (C=O) groups excluding carboxylic acids is 1. The number of amides is 1. The number of thiazole rings is 1. The number of hydrogen-bond donors (Lipinski definition) is 3. The largest absolute Gasteiger partial charge is 0.494 e. The summed E-state index contributed by atoms with van der Waals surface area (Å²) in [6.07, 6.45) is -0.986. The molecule has 0 saturated heterocycles. The van der Waals surface area contributed by atoms with Crippen LogP contribution in [0.3, 0.4) is 0 Å². The van der Waals surface area contributed by atoms with E-state index in [0.29, 0.717) is 30.1 Å². The van der Waals surface area contributed by atoms with Crippen molar-refractivity contribution in [2.24, 2.45) is 5.73 Å². The lowest BCUT2D eigenvalue weighted by Crippen LogP contribution is -2.31. The van der Waals surface area contributed by atoms with Gasteiger partial charge in [0.2, 0.25) is 5.91 Å². The molecule has 0 spiro atoms. The normalized spacial score (nSPS) is 14.1. The highest BCUT2D eigenvalue weighted by molar-refractivity contribution is 7.18. The molecule has 4 rings (SSSR count). The van der Waals surface area contributed by atoms with Crippen LogP contribution in [-0.2, 0) is 23.8 Å². The van der Waals surface area contributed by atoms with Crippen LogP contribution < -0.4 is 21.1 Å². The van der Waals surface area contributed by atoms with Gasteiger partial charge in [0.15, 0.2) is 10.8 Å². The van der Waals surface area contributed by atoms with Crippen molar-refractivity contribution in [1.29, 1.82) is 0 Å². The molecular weight excluding hydrogens is 443 g/mol. The molecule has 0 bridgehead atoms. The Labute approximate surface area is 185 Å². The molecule has 168 valence electrons. The number of halogens is 3. The number of methoxy groups -OCH3 is 1. The average Bonchev–Trinajstić information content (AvgIpc) is 3.36. The van der Waals surface area contributed by atoms with Gasteiger partial charge in [0, 0.05) is 30.7 Å². The maximum Gasteiger partial charge on any atom is 0.437 e. The van der Waals surface area contributed by atoms with Crippen LogP contribution in [0.15, 0.2) is 36.7 Å². The zero-order valence-corrected chi connectivity index (χ0v) is 17.8. The number of ether oxygens (including phenoxy) is 1. The number of rotatable bonds is 7. The Kier molecular flexibility index (Phi) is 6.02. The monoisotopic (exact) mass is 463 g/mol. The zero-order chi connectivity index (χ0) is 22.9. The van der Waals surface area contributed by atoms with Crippen molar-refractivity contribution >= 4 is 28.1 Å². The average molecular weight is 463 g/mol. The number of anilines is 2. The zero-order valence-electron chi connectivity index (χ0n) is 17.0. The molecule has 1 aliphatic heterocycles. The van der Waals surface area contributed by atoms with Crippen LogP contribution in [-0.4, -0.2) is 35.6 Å². The second-order valence-corrected chi connectivity index (χ2v) is 8.39. The highest BCUT2D eigenvalue weighted by atomic mass is 32.1. The van der Waals surface area contributed by atoms with Crippen LogP contribution in [0.2, 0.25) is 0 Å². The second-order valence-electron chi connectivity index (χ2n) is 7.36. The topological polar surface area (TPSA) is 102 Å². The molecule has 1 aliphatic rings. The van der Waals surface area contributed by atoms with E-state index in [9.17, 15) is 18.0 Å². The van der Waals surface area contributed by atoms with Crippen LogP contribution in [0, 0.1) is 0 Å². The molecular formula is C21H20F3N5O2S. The summed E-state index contributed by atoms with van der Waals surface area (Å²) in [5.41, 5.74) is 8.40. The predicted molar refractivity (Wildman–Crippen MR) is 116 cm³/mol. The first-order valence-corrected chi connectivity index (χ1v) is 10.5. The minimum Gasteiger partial charge on any atom is -0.494 e. The van der Waals surface area contributed by atoms with E-state index in [1.165, 1.54) is 30.7 Å². The molecule has 7 nitrogen and oxygen atoms in total. The van der Waals surface area contributed by atoms with Gasteiger partial charge in [0.1, 0.15) is 5.75 Å². The molecule has 0 unspecified atom stereocenters. The van der Waals surface area contributed by atoms with Gasteiger partial charge in [-0.3, -0.25) is 4.79 Å². The molecule has 0 radical (unpaired) electrons. The third-order valence-corrected chi connectivity index (χ3v) is 5.94. The first kappa shape index (κ1) is 22.0. The number of pyridine rings is 1. The number of benzene rings is 1. The summed E-state index contributed by atoms with van der Waals surface area (Å²) in [5, 5.41) is 6.64. The molecule has 0 fully saturated rings. The van der Waals surface area contributed by atoms with Crippen molar-refractivity contribution in [1.82, 2.24) is 9.97 Å². The standard InChI is InChI=1S/C21H20F3N5O2S/c1-31-16-5-11(8-26-19(16)21(22,23)24)4-14(25)9-27-20-28-10-17(32-20)12-2-3-15-13(6-12)7-18(30)29-15/h2-3,5-6,8,10,14H,4,7,9,25H2,1H3,(H,27,28)(H,29,30)/t14-/m0/s1. The first-order valence-electron chi connectivity index (χ1n) is 9.71. The highest BCUT2D eigenvalue weighted by Gasteiger charge is 2.36. The van der Waals surface area contributed by atoms with E-state index >= 15 is 0 Å². The minimum atomic E-state index is -4.58. The molecule has 0 saturated carbocycles. The molecule has 32 heavy (non-hydrogen) atoms. The van der Waals surface area contributed by atoms with Crippen molar-refractivity contribution in [3.8, 4) is 16.2 Å². The fourth-order valence-corrected chi connectivity index (χ4v) is 4.25. The summed E-state index contributed by atoms with van der Waals surface area (Å²) in [4.78, 5) is 20.3. The van der Waals surface area contributed by atoms with Crippen molar-refractivity contribution in [3.05, 3.63) is 53.5 Å². The molecule has 3 aromatic rings. The Morgan fingerprint density at radius 3 is 2.84 bits per heavy atom. The Hall–Kier alpha value is -3.18. The summed E-state index contributed by atoms with van der Waals surface area (Å²) in [7, 11) is 1.17. The van der Waals surface area contributed by atoms with Gasteiger partial charge in [-0.2, -0.15) is 13.2 Å². The smallest absolute Gasteiger partial charge is 0.437 e. The number of carbonyl (C=O) groups is 1. The summed E-state index contributed by atoms with van der Waals surface area (Å²) < 4.78 is 43.7. The summed E-state index contributed by atoms with van der Waals surface area (Å²) in [6.45, 7) is 0.374. The predicted octanol–water partition coefficient (Wildman–Crippen LogP) is 3.71. The van der Waals surface area contributed by atoms with Crippen molar-refractivity contribution < 1.29 is 22.7 Å². The van der Waals surface area contributed by atoms with Gasteiger partial charge in [0.05, 0.1) is 18.4 Å². The van der Waals surface area contributed by atoms with E-state index in [1.54, 1.807) is 6.20 Å². The number of nitrogens with zero attached hydrogens (tertiary/aromatic N) is 2. The van der Waals surface area contributed by atoms with Crippen LogP contribution in [0.4, 0.5) is 24.0 Å². The van der Waals surface area contributed by atoms with E-state index < -0.39 is 11.9 Å². The van der Waals surface area contributed by atoms with Crippen molar-refractivity contribution in [3.63, 3.8) is 0 Å². The Bertz CT molecular complexity index is 1150. The molecule has 0 aliphatic carbocycles. The lowest BCUT2D eigenvalue weighted by Gasteiger charge is -2.15. The lowest BCUT2D eigenvalue weighted by molar-refractivity contribution is -0.142. The molecule has 3 heterocycles. The van der Waals surface area contributed by atoms with Gasteiger partial charge in [-0.15, -0.1) is 0 Å². The Morgan fingerprint density at radius 1 is 1.28 bits per heavy atom. The summed E-state index contributed by atoms with van der Waals surface area (Å²) >= 11 is 1.45. The van der Waals surface area contributed by atoms with E-state index in [1.807, 2.05) is 18.2 Å². The Morgan fingerprint density at radius 2 is 2.09 bits per heavy atom. The molecule has 4 N–H and O–H groups in total. The van der Waals surface area contributed by atoms with Crippen LogP contribution in [0.5, 0.6) is 5.75 Å².